The van der Waals surface area contributed by atoms with Gasteiger partial charge >= 0.3 is 0 Å². The number of thiocarbonyl (C=S) groups is 1. The number of amides is 2. The van der Waals surface area contributed by atoms with Crippen LogP contribution in [0.4, 0.5) is 5.69 Å². The van der Waals surface area contributed by atoms with Gasteiger partial charge in [-0.2, -0.15) is 0 Å². The Balaban J connectivity index is 1.49. The number of halogens is 1. The van der Waals surface area contributed by atoms with Gasteiger partial charge in [-0.25, -0.2) is 0 Å². The molecule has 0 bridgehead atoms. The minimum Gasteiger partial charge on any atom is -0.326 e. The van der Waals surface area contributed by atoms with Crippen LogP contribution in [0.25, 0.3) is 6.08 Å². The molecular weight excluding hydrogens is 424 g/mol. The summed E-state index contributed by atoms with van der Waals surface area (Å²) in [4.78, 5) is 26.8. The molecule has 3 rings (SSSR count). The molecular formula is C22H19ClN2O2S2. The smallest absolute Gasteiger partial charge is 0.266 e. The van der Waals surface area contributed by atoms with Crippen LogP contribution in [-0.2, 0) is 9.59 Å². The van der Waals surface area contributed by atoms with E-state index in [4.69, 9.17) is 23.8 Å². The minimum absolute atomic E-state index is 0.118. The third kappa shape index (κ3) is 6.29. The lowest BCUT2D eigenvalue weighted by atomic mass is 10.2. The van der Waals surface area contributed by atoms with Crippen LogP contribution < -0.4 is 5.32 Å². The SMILES string of the molecule is O=C(CCCN1C(=O)C(=CC=Cc2ccccc2)SC1=S)Nc1cccc(Cl)c1. The summed E-state index contributed by atoms with van der Waals surface area (Å²) in [6.07, 6.45) is 6.37. The zero-order chi connectivity index (χ0) is 20.6. The summed E-state index contributed by atoms with van der Waals surface area (Å²) in [6, 6.07) is 16.8. The molecule has 1 aliphatic heterocycles. The topological polar surface area (TPSA) is 49.4 Å². The Labute approximate surface area is 184 Å². The highest BCUT2D eigenvalue weighted by molar-refractivity contribution is 8.26. The van der Waals surface area contributed by atoms with Crippen molar-refractivity contribution in [1.29, 1.82) is 0 Å². The molecule has 2 amide bonds. The fourth-order valence-corrected chi connectivity index (χ4v) is 4.16. The Hall–Kier alpha value is -2.41. The van der Waals surface area contributed by atoms with E-state index in [1.54, 1.807) is 35.2 Å². The maximum Gasteiger partial charge on any atom is 0.266 e. The van der Waals surface area contributed by atoms with Gasteiger partial charge in [0.1, 0.15) is 4.32 Å². The van der Waals surface area contributed by atoms with E-state index in [0.29, 0.717) is 32.9 Å². The summed E-state index contributed by atoms with van der Waals surface area (Å²) >= 11 is 12.5. The molecule has 2 aromatic carbocycles. The van der Waals surface area contributed by atoms with Crippen LogP contribution in [0.1, 0.15) is 18.4 Å². The van der Waals surface area contributed by atoms with Crippen molar-refractivity contribution in [2.75, 3.05) is 11.9 Å². The van der Waals surface area contributed by atoms with Gasteiger partial charge in [0.05, 0.1) is 4.91 Å². The van der Waals surface area contributed by atoms with Gasteiger partial charge in [-0.3, -0.25) is 14.5 Å². The quantitative estimate of drug-likeness (QED) is 0.453. The van der Waals surface area contributed by atoms with Crippen LogP contribution in [0.3, 0.4) is 0 Å². The molecule has 0 spiro atoms. The number of hydrogen-bond donors (Lipinski definition) is 1. The normalized spacial score (nSPS) is 15.5. The maximum atomic E-state index is 12.6. The molecule has 0 saturated carbocycles. The van der Waals surface area contributed by atoms with E-state index in [2.05, 4.69) is 5.32 Å². The van der Waals surface area contributed by atoms with Crippen molar-refractivity contribution < 1.29 is 9.59 Å². The molecule has 29 heavy (non-hydrogen) atoms. The van der Waals surface area contributed by atoms with E-state index >= 15 is 0 Å². The molecule has 0 unspecified atom stereocenters. The van der Waals surface area contributed by atoms with Crippen molar-refractivity contribution in [2.24, 2.45) is 0 Å². The number of carbonyl (C=O) groups is 2. The Morgan fingerprint density at radius 1 is 1.17 bits per heavy atom. The average Bonchev–Trinajstić information content (AvgIpc) is 2.96. The molecule has 148 valence electrons. The molecule has 0 aliphatic carbocycles. The van der Waals surface area contributed by atoms with Gasteiger partial charge in [-0.15, -0.1) is 0 Å². The van der Waals surface area contributed by atoms with E-state index in [9.17, 15) is 9.59 Å². The van der Waals surface area contributed by atoms with Crippen LogP contribution in [-0.4, -0.2) is 27.6 Å². The first-order valence-electron chi connectivity index (χ1n) is 9.05. The predicted octanol–water partition coefficient (Wildman–Crippen LogP) is 5.52. The zero-order valence-electron chi connectivity index (χ0n) is 15.5. The molecule has 0 aromatic heterocycles. The molecule has 1 fully saturated rings. The Kier molecular flexibility index (Phi) is 7.63. The van der Waals surface area contributed by atoms with Crippen molar-refractivity contribution in [1.82, 2.24) is 4.90 Å². The van der Waals surface area contributed by atoms with E-state index in [-0.39, 0.29) is 18.2 Å². The van der Waals surface area contributed by atoms with Gasteiger partial charge in [0.25, 0.3) is 5.91 Å². The average molecular weight is 443 g/mol. The van der Waals surface area contributed by atoms with E-state index in [1.165, 1.54) is 11.8 Å². The summed E-state index contributed by atoms with van der Waals surface area (Å²) in [5.41, 5.74) is 1.71. The van der Waals surface area contributed by atoms with Gasteiger partial charge in [0.15, 0.2) is 0 Å². The van der Waals surface area contributed by atoms with Crippen LogP contribution in [0, 0.1) is 0 Å². The van der Waals surface area contributed by atoms with Crippen molar-refractivity contribution in [3.05, 3.63) is 82.2 Å². The molecule has 0 radical (unpaired) electrons. The zero-order valence-corrected chi connectivity index (χ0v) is 17.9. The maximum absolute atomic E-state index is 12.6. The summed E-state index contributed by atoms with van der Waals surface area (Å²) in [5, 5.41) is 3.36. The summed E-state index contributed by atoms with van der Waals surface area (Å²) < 4.78 is 0.518. The highest BCUT2D eigenvalue weighted by Crippen LogP contribution is 2.31. The second kappa shape index (κ2) is 10.4. The summed E-state index contributed by atoms with van der Waals surface area (Å²) in [6.45, 7) is 0.410. The van der Waals surface area contributed by atoms with Gasteiger partial charge in [0.2, 0.25) is 5.91 Å². The number of carbonyl (C=O) groups excluding carboxylic acids is 2. The number of hydrogen-bond acceptors (Lipinski definition) is 4. The number of nitrogens with one attached hydrogen (secondary N) is 1. The predicted molar refractivity (Wildman–Crippen MR) is 125 cm³/mol. The summed E-state index contributed by atoms with van der Waals surface area (Å²) in [7, 11) is 0. The number of anilines is 1. The monoisotopic (exact) mass is 442 g/mol. The first-order valence-corrected chi connectivity index (χ1v) is 10.7. The van der Waals surface area contributed by atoms with Gasteiger partial charge < -0.3 is 5.32 Å². The molecule has 2 aromatic rings. The number of thioether (sulfide) groups is 1. The Bertz CT molecular complexity index is 974. The molecule has 1 aliphatic rings. The molecule has 1 saturated heterocycles. The largest absolute Gasteiger partial charge is 0.326 e. The standard InChI is InChI=1S/C22H19ClN2O2S2/c23-17-10-5-11-18(15-17)24-20(26)13-6-14-25-21(27)19(29-22(25)28)12-4-9-16-7-2-1-3-8-16/h1-5,7-12,15H,6,13-14H2,(H,24,26). The lowest BCUT2D eigenvalue weighted by Gasteiger charge is -2.14. The van der Waals surface area contributed by atoms with Gasteiger partial charge in [-0.1, -0.05) is 84.1 Å². The van der Waals surface area contributed by atoms with Gasteiger partial charge in [-0.05, 0) is 36.3 Å². The fraction of sp³-hybridized carbons (Fsp3) is 0.136. The molecule has 7 heteroatoms. The number of rotatable bonds is 7. The van der Waals surface area contributed by atoms with Crippen LogP contribution in [0.5, 0.6) is 0 Å². The van der Waals surface area contributed by atoms with Crippen molar-refractivity contribution in [3.8, 4) is 0 Å². The molecule has 1 N–H and O–H groups in total. The third-order valence-corrected chi connectivity index (χ3v) is 5.73. The summed E-state index contributed by atoms with van der Waals surface area (Å²) in [5.74, 6) is -0.244. The second-order valence-electron chi connectivity index (χ2n) is 6.29. The van der Waals surface area contributed by atoms with Gasteiger partial charge in [0, 0.05) is 23.7 Å². The number of nitrogens with zero attached hydrogens (tertiary/aromatic N) is 1. The highest BCUT2D eigenvalue weighted by atomic mass is 35.5. The Morgan fingerprint density at radius 3 is 2.72 bits per heavy atom. The van der Waals surface area contributed by atoms with E-state index in [1.807, 2.05) is 42.5 Å². The molecule has 1 heterocycles. The van der Waals surface area contributed by atoms with E-state index < -0.39 is 0 Å². The highest BCUT2D eigenvalue weighted by Gasteiger charge is 2.31. The first-order chi connectivity index (χ1) is 14.0. The van der Waals surface area contributed by atoms with Crippen LogP contribution >= 0.6 is 35.6 Å². The second-order valence-corrected chi connectivity index (χ2v) is 8.40. The lowest BCUT2D eigenvalue weighted by Crippen LogP contribution is -2.29. The van der Waals surface area contributed by atoms with Crippen molar-refractivity contribution in [2.45, 2.75) is 12.8 Å². The van der Waals surface area contributed by atoms with Crippen molar-refractivity contribution in [3.63, 3.8) is 0 Å². The van der Waals surface area contributed by atoms with E-state index in [0.717, 1.165) is 5.56 Å². The van der Waals surface area contributed by atoms with Crippen molar-refractivity contribution >= 4 is 63.5 Å². The molecule has 0 atom stereocenters. The number of benzene rings is 2. The lowest BCUT2D eigenvalue weighted by molar-refractivity contribution is -0.122. The van der Waals surface area contributed by atoms with Crippen LogP contribution in [0.2, 0.25) is 5.02 Å². The van der Waals surface area contributed by atoms with Crippen LogP contribution in [0.15, 0.2) is 71.7 Å². The fourth-order valence-electron chi connectivity index (χ4n) is 2.71. The Morgan fingerprint density at radius 2 is 1.97 bits per heavy atom. The first kappa shape index (κ1) is 21.3. The molecule has 4 nitrogen and oxygen atoms in total. The number of allylic oxidation sites excluding steroid dienone is 2. The third-order valence-electron chi connectivity index (χ3n) is 4.10. The minimum atomic E-state index is -0.126.